The van der Waals surface area contributed by atoms with Crippen molar-refractivity contribution in [2.24, 2.45) is 0 Å². The number of sulfone groups is 1. The van der Waals surface area contributed by atoms with Gasteiger partial charge in [-0.05, 0) is 25.1 Å². The fourth-order valence-corrected chi connectivity index (χ4v) is 5.66. The highest BCUT2D eigenvalue weighted by Crippen LogP contribution is 2.33. The van der Waals surface area contributed by atoms with Crippen LogP contribution in [0.15, 0.2) is 52.3 Å². The summed E-state index contributed by atoms with van der Waals surface area (Å²) in [5.74, 6) is 0.348. The molecule has 1 aliphatic heterocycles. The number of nitrogen functional groups attached to an aromatic ring is 1. The summed E-state index contributed by atoms with van der Waals surface area (Å²) in [6, 6.07) is 9.96. The van der Waals surface area contributed by atoms with Gasteiger partial charge in [-0.3, -0.25) is 9.36 Å². The van der Waals surface area contributed by atoms with E-state index < -0.39 is 15.9 Å². The van der Waals surface area contributed by atoms with Crippen molar-refractivity contribution in [2.45, 2.75) is 24.3 Å². The Balaban J connectivity index is 1.69. The first-order chi connectivity index (χ1) is 15.3. The van der Waals surface area contributed by atoms with Crippen molar-refractivity contribution in [3.05, 3.63) is 69.5 Å². The molecule has 3 aromatic heterocycles. The molecular weight excluding hydrogens is 454 g/mol. The number of aromatic nitrogens is 5. The molecule has 0 saturated carbocycles. The molecule has 3 N–H and O–H groups in total. The molecular formula is C20H18ClN7O3S. The molecule has 0 amide bonds. The van der Waals surface area contributed by atoms with E-state index in [0.717, 1.165) is 0 Å². The minimum atomic E-state index is -3.54. The van der Waals surface area contributed by atoms with Gasteiger partial charge in [0.1, 0.15) is 10.4 Å². The van der Waals surface area contributed by atoms with E-state index in [-0.39, 0.29) is 44.9 Å². The van der Waals surface area contributed by atoms with Crippen molar-refractivity contribution in [1.82, 2.24) is 24.1 Å². The number of nitrogens with two attached hydrogens (primary N) is 1. The zero-order valence-corrected chi connectivity index (χ0v) is 18.4. The number of hydrogen-bond donors (Lipinski definition) is 2. The Kier molecular flexibility index (Phi) is 4.68. The standard InChI is InChI=1S/C20H18ClN7O3S/c1-11(23-17-16-14(24-20(22)25-17)8-10-32(16,30)31)18-26-27-9-7-13(21)15(27)19(29)28(18)12-5-3-2-4-6-12/h2-7,9,11H,8,10H2,1H3,(H3,22,23,24,25)/t11-/m0/s1. The third-order valence-corrected chi connectivity index (χ3v) is 7.39. The van der Waals surface area contributed by atoms with Crippen LogP contribution in [-0.2, 0) is 16.3 Å². The molecule has 4 heterocycles. The Morgan fingerprint density at radius 1 is 1.19 bits per heavy atom. The van der Waals surface area contributed by atoms with E-state index >= 15 is 0 Å². The normalized spacial score (nSPS) is 15.6. The Hall–Kier alpha value is -3.44. The van der Waals surface area contributed by atoms with E-state index in [0.29, 0.717) is 17.2 Å². The smallest absolute Gasteiger partial charge is 0.284 e. The third-order valence-electron chi connectivity index (χ3n) is 5.29. The van der Waals surface area contributed by atoms with Crippen LogP contribution < -0.4 is 16.6 Å². The zero-order chi connectivity index (χ0) is 22.6. The van der Waals surface area contributed by atoms with Gasteiger partial charge >= 0.3 is 0 Å². The molecule has 0 radical (unpaired) electrons. The van der Waals surface area contributed by atoms with Crippen LogP contribution in [0.2, 0.25) is 5.02 Å². The molecule has 1 aromatic carbocycles. The first-order valence-electron chi connectivity index (χ1n) is 9.77. The Morgan fingerprint density at radius 3 is 2.69 bits per heavy atom. The van der Waals surface area contributed by atoms with E-state index in [4.69, 9.17) is 17.3 Å². The summed E-state index contributed by atoms with van der Waals surface area (Å²) < 4.78 is 28.0. The first-order valence-corrected chi connectivity index (χ1v) is 11.8. The summed E-state index contributed by atoms with van der Waals surface area (Å²) in [7, 11) is -3.54. The van der Waals surface area contributed by atoms with Gasteiger partial charge in [-0.25, -0.2) is 17.9 Å². The SMILES string of the molecule is C[C@H](Nc1nc(N)nc2c1S(=O)(=O)CC2)c1nn2ccc(Cl)c2c(=O)n1-c1ccccc1. The summed E-state index contributed by atoms with van der Waals surface area (Å²) in [5.41, 5.74) is 6.66. The molecule has 1 atom stereocenters. The highest BCUT2D eigenvalue weighted by molar-refractivity contribution is 7.91. The summed E-state index contributed by atoms with van der Waals surface area (Å²) in [5, 5.41) is 7.96. The Morgan fingerprint density at radius 2 is 1.94 bits per heavy atom. The average molecular weight is 472 g/mol. The molecule has 1 aliphatic rings. The molecule has 10 nitrogen and oxygen atoms in total. The summed E-state index contributed by atoms with van der Waals surface area (Å²) >= 11 is 6.22. The number of aryl methyl sites for hydroxylation is 1. The van der Waals surface area contributed by atoms with E-state index in [1.165, 1.54) is 9.08 Å². The van der Waals surface area contributed by atoms with Crippen molar-refractivity contribution in [1.29, 1.82) is 0 Å². The number of nitrogens with zero attached hydrogens (tertiary/aromatic N) is 5. The molecule has 32 heavy (non-hydrogen) atoms. The fraction of sp³-hybridized carbons (Fsp3) is 0.200. The van der Waals surface area contributed by atoms with Gasteiger partial charge in [-0.15, -0.1) is 0 Å². The van der Waals surface area contributed by atoms with Gasteiger partial charge in [0, 0.05) is 12.6 Å². The van der Waals surface area contributed by atoms with Gasteiger partial charge in [0.2, 0.25) is 5.95 Å². The van der Waals surface area contributed by atoms with Crippen molar-refractivity contribution in [3.63, 3.8) is 0 Å². The van der Waals surface area contributed by atoms with Crippen LogP contribution in [0.5, 0.6) is 0 Å². The molecule has 0 fully saturated rings. The van der Waals surface area contributed by atoms with Gasteiger partial charge in [-0.1, -0.05) is 29.8 Å². The number of fused-ring (bicyclic) bond motifs is 2. The maximum absolute atomic E-state index is 13.4. The number of hydrogen-bond acceptors (Lipinski definition) is 8. The summed E-state index contributed by atoms with van der Waals surface area (Å²) in [6.45, 7) is 1.75. The molecule has 12 heteroatoms. The quantitative estimate of drug-likeness (QED) is 0.461. The number of nitrogens with one attached hydrogen (secondary N) is 1. The number of rotatable bonds is 4. The van der Waals surface area contributed by atoms with Crippen LogP contribution in [0.25, 0.3) is 11.2 Å². The second kappa shape index (κ2) is 7.31. The Labute approximate surface area is 187 Å². The highest BCUT2D eigenvalue weighted by Gasteiger charge is 2.33. The van der Waals surface area contributed by atoms with Gasteiger partial charge in [0.15, 0.2) is 21.5 Å². The van der Waals surface area contributed by atoms with E-state index in [1.807, 2.05) is 6.07 Å². The second-order valence-electron chi connectivity index (χ2n) is 7.43. The van der Waals surface area contributed by atoms with Crippen LogP contribution in [0.1, 0.15) is 24.5 Å². The molecule has 4 aromatic rings. The van der Waals surface area contributed by atoms with Crippen LogP contribution in [0, 0.1) is 0 Å². The molecule has 0 unspecified atom stereocenters. The predicted octanol–water partition coefficient (Wildman–Crippen LogP) is 2.01. The topological polar surface area (TPSA) is 137 Å². The van der Waals surface area contributed by atoms with Gasteiger partial charge in [0.25, 0.3) is 5.56 Å². The molecule has 164 valence electrons. The molecule has 0 saturated heterocycles. The van der Waals surface area contributed by atoms with Crippen molar-refractivity contribution < 1.29 is 8.42 Å². The molecule has 0 spiro atoms. The lowest BCUT2D eigenvalue weighted by Gasteiger charge is -2.20. The number of halogens is 1. The molecule has 5 rings (SSSR count). The van der Waals surface area contributed by atoms with Crippen LogP contribution in [-0.4, -0.2) is 38.3 Å². The number of para-hydroxylation sites is 1. The highest BCUT2D eigenvalue weighted by atomic mass is 35.5. The van der Waals surface area contributed by atoms with Crippen LogP contribution in [0.3, 0.4) is 0 Å². The van der Waals surface area contributed by atoms with Crippen molar-refractivity contribution in [2.75, 3.05) is 16.8 Å². The third kappa shape index (κ3) is 3.21. The van der Waals surface area contributed by atoms with Gasteiger partial charge in [-0.2, -0.15) is 10.1 Å². The predicted molar refractivity (Wildman–Crippen MR) is 120 cm³/mol. The van der Waals surface area contributed by atoms with E-state index in [2.05, 4.69) is 20.4 Å². The zero-order valence-electron chi connectivity index (χ0n) is 16.9. The first kappa shape index (κ1) is 20.5. The van der Waals surface area contributed by atoms with Gasteiger partial charge < -0.3 is 11.1 Å². The number of anilines is 2. The molecule has 0 aliphatic carbocycles. The molecule has 0 bridgehead atoms. The lowest BCUT2D eigenvalue weighted by atomic mass is 10.2. The van der Waals surface area contributed by atoms with Crippen molar-refractivity contribution >= 4 is 38.7 Å². The Bertz CT molecular complexity index is 1530. The fourth-order valence-electron chi connectivity index (χ4n) is 3.87. The van der Waals surface area contributed by atoms with Crippen molar-refractivity contribution in [3.8, 4) is 5.69 Å². The maximum atomic E-state index is 13.4. The van der Waals surface area contributed by atoms with Crippen LogP contribution in [0.4, 0.5) is 11.8 Å². The summed E-state index contributed by atoms with van der Waals surface area (Å²) in [4.78, 5) is 21.6. The summed E-state index contributed by atoms with van der Waals surface area (Å²) in [6.07, 6.45) is 1.86. The lowest BCUT2D eigenvalue weighted by Crippen LogP contribution is -2.29. The largest absolute Gasteiger partial charge is 0.368 e. The van der Waals surface area contributed by atoms with E-state index in [9.17, 15) is 13.2 Å². The lowest BCUT2D eigenvalue weighted by molar-refractivity contribution is 0.599. The second-order valence-corrected chi connectivity index (χ2v) is 9.89. The minimum Gasteiger partial charge on any atom is -0.368 e. The number of benzene rings is 1. The minimum absolute atomic E-state index is 0.0309. The average Bonchev–Trinajstić information content (AvgIpc) is 3.27. The van der Waals surface area contributed by atoms with E-state index in [1.54, 1.807) is 43.5 Å². The monoisotopic (exact) mass is 471 g/mol. The van der Waals surface area contributed by atoms with Gasteiger partial charge in [0.05, 0.1) is 28.2 Å². The van der Waals surface area contributed by atoms with Crippen LogP contribution >= 0.6 is 11.6 Å². The maximum Gasteiger partial charge on any atom is 0.284 e.